The fourth-order valence-electron chi connectivity index (χ4n) is 2.26. The Morgan fingerprint density at radius 3 is 2.65 bits per heavy atom. The van der Waals surface area contributed by atoms with E-state index in [0.29, 0.717) is 12.8 Å². The molecule has 0 radical (unpaired) electrons. The maximum absolute atomic E-state index is 12.4. The van der Waals surface area contributed by atoms with Crippen molar-refractivity contribution >= 4 is 21.8 Å². The summed E-state index contributed by atoms with van der Waals surface area (Å²) in [6, 6.07) is 2.97. The van der Waals surface area contributed by atoms with Crippen LogP contribution in [0.15, 0.2) is 23.2 Å². The highest BCUT2D eigenvalue weighted by molar-refractivity contribution is 7.89. The predicted molar refractivity (Wildman–Crippen MR) is 72.1 cm³/mol. The summed E-state index contributed by atoms with van der Waals surface area (Å²) in [6.07, 6.45) is 2.34. The molecule has 20 heavy (non-hydrogen) atoms. The summed E-state index contributed by atoms with van der Waals surface area (Å²) in [7, 11) is -2.32. The van der Waals surface area contributed by atoms with Gasteiger partial charge in [0, 0.05) is 19.3 Å². The number of carbonyl (C=O) groups is 1. The molecule has 110 valence electrons. The van der Waals surface area contributed by atoms with Gasteiger partial charge in [-0.05, 0) is 25.0 Å². The molecular formula is C12H17N3O4S. The zero-order chi connectivity index (χ0) is 14.8. The molecule has 1 aromatic heterocycles. The Kier molecular flexibility index (Phi) is 4.24. The van der Waals surface area contributed by atoms with Gasteiger partial charge in [0.2, 0.25) is 10.0 Å². The van der Waals surface area contributed by atoms with Crippen LogP contribution in [-0.4, -0.2) is 43.9 Å². The van der Waals surface area contributed by atoms with Crippen molar-refractivity contribution in [2.24, 2.45) is 5.92 Å². The molecule has 1 saturated heterocycles. The Hall–Kier alpha value is -1.67. The van der Waals surface area contributed by atoms with Gasteiger partial charge in [0.25, 0.3) is 0 Å². The topological polar surface area (TPSA) is 103 Å². The van der Waals surface area contributed by atoms with Gasteiger partial charge in [-0.2, -0.15) is 4.31 Å². The van der Waals surface area contributed by atoms with Gasteiger partial charge in [0.15, 0.2) is 0 Å². The molecule has 1 fully saturated rings. The van der Waals surface area contributed by atoms with Crippen LogP contribution < -0.4 is 5.73 Å². The second-order valence-electron chi connectivity index (χ2n) is 4.59. The zero-order valence-corrected chi connectivity index (χ0v) is 12.0. The lowest BCUT2D eigenvalue weighted by Gasteiger charge is -2.29. The van der Waals surface area contributed by atoms with Gasteiger partial charge in [-0.1, -0.05) is 0 Å². The molecule has 2 N–H and O–H groups in total. The van der Waals surface area contributed by atoms with Gasteiger partial charge in [0.05, 0.1) is 13.0 Å². The third-order valence-electron chi connectivity index (χ3n) is 3.41. The van der Waals surface area contributed by atoms with Crippen LogP contribution in [0.25, 0.3) is 0 Å². The fourth-order valence-corrected chi connectivity index (χ4v) is 3.80. The van der Waals surface area contributed by atoms with Crippen molar-refractivity contribution in [3.8, 4) is 0 Å². The highest BCUT2D eigenvalue weighted by Crippen LogP contribution is 2.26. The van der Waals surface area contributed by atoms with E-state index in [1.165, 1.54) is 29.7 Å². The number of sulfonamides is 1. The molecule has 2 heterocycles. The first-order valence-corrected chi connectivity index (χ1v) is 7.69. The SMILES string of the molecule is COC(=O)C1CCN(S(=O)(=O)c2cccnc2N)CC1. The number of rotatable bonds is 3. The van der Waals surface area contributed by atoms with Crippen LogP contribution in [0, 0.1) is 5.92 Å². The summed E-state index contributed by atoms with van der Waals surface area (Å²) in [5.74, 6) is -0.539. The van der Waals surface area contributed by atoms with E-state index in [1.54, 1.807) is 0 Å². The third kappa shape index (κ3) is 2.75. The molecule has 8 heteroatoms. The summed E-state index contributed by atoms with van der Waals surface area (Å²) in [4.78, 5) is 15.2. The molecule has 0 amide bonds. The zero-order valence-electron chi connectivity index (χ0n) is 11.2. The molecule has 0 aromatic carbocycles. The number of methoxy groups -OCH3 is 1. The van der Waals surface area contributed by atoms with E-state index in [4.69, 9.17) is 5.73 Å². The Bertz CT molecular complexity index is 594. The second-order valence-corrected chi connectivity index (χ2v) is 6.49. The van der Waals surface area contributed by atoms with E-state index in [9.17, 15) is 13.2 Å². The highest BCUT2D eigenvalue weighted by atomic mass is 32.2. The maximum Gasteiger partial charge on any atom is 0.308 e. The van der Waals surface area contributed by atoms with Crippen molar-refractivity contribution in [1.82, 2.24) is 9.29 Å². The smallest absolute Gasteiger partial charge is 0.308 e. The minimum Gasteiger partial charge on any atom is -0.469 e. The van der Waals surface area contributed by atoms with Gasteiger partial charge >= 0.3 is 5.97 Å². The Labute approximate surface area is 117 Å². The number of nitrogens with zero attached hydrogens (tertiary/aromatic N) is 2. The van der Waals surface area contributed by atoms with E-state index in [-0.39, 0.29) is 35.7 Å². The van der Waals surface area contributed by atoms with Crippen LogP contribution in [-0.2, 0) is 19.6 Å². The predicted octanol–water partition coefficient (Wildman–Crippen LogP) is 0.237. The fraction of sp³-hybridized carbons (Fsp3) is 0.500. The number of hydrogen-bond acceptors (Lipinski definition) is 6. The number of nitrogens with two attached hydrogens (primary N) is 1. The van der Waals surface area contributed by atoms with Crippen LogP contribution in [0.3, 0.4) is 0 Å². The standard InChI is InChI=1S/C12H17N3O4S/c1-19-12(16)9-4-7-15(8-5-9)20(17,18)10-3-2-6-14-11(10)13/h2-3,6,9H,4-5,7-8H2,1H3,(H2,13,14). The lowest BCUT2D eigenvalue weighted by atomic mass is 9.99. The van der Waals surface area contributed by atoms with Crippen molar-refractivity contribution < 1.29 is 17.9 Å². The van der Waals surface area contributed by atoms with Crippen molar-refractivity contribution in [3.05, 3.63) is 18.3 Å². The van der Waals surface area contributed by atoms with E-state index in [1.807, 2.05) is 0 Å². The van der Waals surface area contributed by atoms with Crippen LogP contribution in [0.1, 0.15) is 12.8 Å². The Morgan fingerprint density at radius 2 is 2.10 bits per heavy atom. The van der Waals surface area contributed by atoms with Crippen molar-refractivity contribution in [3.63, 3.8) is 0 Å². The minimum atomic E-state index is -3.65. The second kappa shape index (κ2) is 5.76. The third-order valence-corrected chi connectivity index (χ3v) is 5.35. The number of piperidine rings is 1. The molecule has 0 atom stereocenters. The molecule has 0 unspecified atom stereocenters. The number of nitrogen functional groups attached to an aromatic ring is 1. The molecule has 0 saturated carbocycles. The number of esters is 1. The van der Waals surface area contributed by atoms with E-state index >= 15 is 0 Å². The first-order chi connectivity index (χ1) is 9.46. The van der Waals surface area contributed by atoms with Crippen LogP contribution in [0.4, 0.5) is 5.82 Å². The van der Waals surface area contributed by atoms with E-state index in [0.717, 1.165) is 0 Å². The van der Waals surface area contributed by atoms with Crippen LogP contribution in [0.5, 0.6) is 0 Å². The average Bonchev–Trinajstić information content (AvgIpc) is 2.47. The maximum atomic E-state index is 12.4. The average molecular weight is 299 g/mol. The summed E-state index contributed by atoms with van der Waals surface area (Å²) in [5, 5.41) is 0. The molecule has 0 bridgehead atoms. The van der Waals surface area contributed by atoms with Crippen molar-refractivity contribution in [2.75, 3.05) is 25.9 Å². The number of carbonyl (C=O) groups excluding carboxylic acids is 1. The van der Waals surface area contributed by atoms with Crippen LogP contribution in [0.2, 0.25) is 0 Å². The lowest BCUT2D eigenvalue weighted by Crippen LogP contribution is -2.40. The van der Waals surface area contributed by atoms with Crippen LogP contribution >= 0.6 is 0 Å². The van der Waals surface area contributed by atoms with Gasteiger partial charge in [-0.15, -0.1) is 0 Å². The molecule has 1 aromatic rings. The molecule has 7 nitrogen and oxygen atoms in total. The Balaban J connectivity index is 2.14. The summed E-state index contributed by atoms with van der Waals surface area (Å²) in [5.41, 5.74) is 5.62. The van der Waals surface area contributed by atoms with E-state index < -0.39 is 10.0 Å². The van der Waals surface area contributed by atoms with Crippen molar-refractivity contribution in [2.45, 2.75) is 17.7 Å². The molecule has 0 aliphatic carbocycles. The quantitative estimate of drug-likeness (QED) is 0.802. The largest absolute Gasteiger partial charge is 0.469 e. The summed E-state index contributed by atoms with van der Waals surface area (Å²) < 4.78 is 30.9. The van der Waals surface area contributed by atoms with Crippen molar-refractivity contribution in [1.29, 1.82) is 0 Å². The number of anilines is 1. The number of aromatic nitrogens is 1. The van der Waals surface area contributed by atoms with Gasteiger partial charge in [0.1, 0.15) is 10.7 Å². The first kappa shape index (κ1) is 14.7. The monoisotopic (exact) mass is 299 g/mol. The molecular weight excluding hydrogens is 282 g/mol. The molecule has 1 aliphatic rings. The number of pyridine rings is 1. The van der Waals surface area contributed by atoms with Gasteiger partial charge < -0.3 is 10.5 Å². The molecule has 1 aliphatic heterocycles. The minimum absolute atomic E-state index is 0.0107. The first-order valence-electron chi connectivity index (χ1n) is 6.25. The normalized spacial score (nSPS) is 17.9. The van der Waals surface area contributed by atoms with Gasteiger partial charge in [-0.25, -0.2) is 13.4 Å². The molecule has 2 rings (SSSR count). The highest BCUT2D eigenvalue weighted by Gasteiger charge is 2.33. The van der Waals surface area contributed by atoms with Gasteiger partial charge in [-0.3, -0.25) is 4.79 Å². The number of hydrogen-bond donors (Lipinski definition) is 1. The summed E-state index contributed by atoms with van der Waals surface area (Å²) >= 11 is 0. The summed E-state index contributed by atoms with van der Waals surface area (Å²) in [6.45, 7) is 0.548. The molecule has 0 spiro atoms. The lowest BCUT2D eigenvalue weighted by molar-refractivity contribution is -0.146. The Morgan fingerprint density at radius 1 is 1.45 bits per heavy atom. The van der Waals surface area contributed by atoms with E-state index in [2.05, 4.69) is 9.72 Å². The number of ether oxygens (including phenoxy) is 1.